The first-order chi connectivity index (χ1) is 13.1. The molecule has 1 aromatic carbocycles. The summed E-state index contributed by atoms with van der Waals surface area (Å²) in [4.78, 5) is 15.7. The average molecular weight is 375 g/mol. The Hall–Kier alpha value is -2.63. The molecule has 4 nitrogen and oxygen atoms in total. The molecule has 0 unspecified atom stereocenters. The Labute approximate surface area is 163 Å². The van der Waals surface area contributed by atoms with Crippen molar-refractivity contribution in [1.82, 2.24) is 20.3 Å². The monoisotopic (exact) mass is 374 g/mol. The van der Waals surface area contributed by atoms with Crippen LogP contribution in [0.15, 0.2) is 48.8 Å². The van der Waals surface area contributed by atoms with Gasteiger partial charge in [0.1, 0.15) is 10.7 Å². The number of nitrogens with one attached hydrogen (secondary N) is 1. The van der Waals surface area contributed by atoms with E-state index in [0.29, 0.717) is 0 Å². The molecule has 0 aliphatic carbocycles. The molecule has 0 atom stereocenters. The molecule has 0 bridgehead atoms. The van der Waals surface area contributed by atoms with Crippen molar-refractivity contribution in [3.63, 3.8) is 0 Å². The van der Waals surface area contributed by atoms with Crippen LogP contribution in [0.4, 0.5) is 0 Å². The second-order valence-electron chi connectivity index (χ2n) is 6.68. The number of aryl methyl sites for hydroxylation is 3. The van der Waals surface area contributed by atoms with Crippen molar-refractivity contribution < 1.29 is 0 Å². The van der Waals surface area contributed by atoms with Crippen LogP contribution in [-0.4, -0.2) is 15.0 Å². The van der Waals surface area contributed by atoms with Gasteiger partial charge < -0.3 is 5.32 Å². The van der Waals surface area contributed by atoms with Gasteiger partial charge in [-0.05, 0) is 55.2 Å². The molecule has 0 aliphatic rings. The lowest BCUT2D eigenvalue weighted by Crippen LogP contribution is -2.13. The van der Waals surface area contributed by atoms with Gasteiger partial charge in [-0.2, -0.15) is 0 Å². The lowest BCUT2D eigenvalue weighted by molar-refractivity contribution is 0.700. The van der Waals surface area contributed by atoms with E-state index in [9.17, 15) is 0 Å². The highest BCUT2D eigenvalue weighted by Crippen LogP contribution is 2.31. The highest BCUT2D eigenvalue weighted by atomic mass is 32.1. The first-order valence-electron chi connectivity index (χ1n) is 9.05. The summed E-state index contributed by atoms with van der Waals surface area (Å²) < 4.78 is 0. The van der Waals surface area contributed by atoms with E-state index in [0.717, 1.165) is 29.4 Å². The molecule has 4 rings (SSSR count). The zero-order valence-corrected chi connectivity index (χ0v) is 16.6. The molecule has 136 valence electrons. The van der Waals surface area contributed by atoms with Gasteiger partial charge in [-0.25, -0.2) is 9.97 Å². The van der Waals surface area contributed by atoms with Gasteiger partial charge in [-0.3, -0.25) is 4.98 Å². The summed E-state index contributed by atoms with van der Waals surface area (Å²) in [7, 11) is 0. The van der Waals surface area contributed by atoms with E-state index in [1.54, 1.807) is 11.3 Å². The Bertz CT molecular complexity index is 1090. The molecule has 3 heterocycles. The van der Waals surface area contributed by atoms with Crippen LogP contribution in [0.3, 0.4) is 0 Å². The van der Waals surface area contributed by atoms with Gasteiger partial charge >= 0.3 is 0 Å². The van der Waals surface area contributed by atoms with Crippen molar-refractivity contribution in [3.8, 4) is 11.1 Å². The Morgan fingerprint density at radius 3 is 2.52 bits per heavy atom. The highest BCUT2D eigenvalue weighted by Gasteiger charge is 2.13. The van der Waals surface area contributed by atoms with E-state index >= 15 is 0 Å². The van der Waals surface area contributed by atoms with E-state index in [-0.39, 0.29) is 0 Å². The van der Waals surface area contributed by atoms with Gasteiger partial charge in [0.05, 0.1) is 0 Å². The van der Waals surface area contributed by atoms with Crippen LogP contribution in [-0.2, 0) is 13.1 Å². The zero-order chi connectivity index (χ0) is 18.8. The third-order valence-corrected chi connectivity index (χ3v) is 5.98. The molecule has 0 spiro atoms. The predicted octanol–water partition coefficient (Wildman–Crippen LogP) is 4.97. The number of benzene rings is 1. The van der Waals surface area contributed by atoms with E-state index in [4.69, 9.17) is 0 Å². The normalized spacial score (nSPS) is 11.2. The molecule has 4 aromatic rings. The number of rotatable bonds is 5. The summed E-state index contributed by atoms with van der Waals surface area (Å²) in [5.41, 5.74) is 6.09. The lowest BCUT2D eigenvalue weighted by atomic mass is 10.0. The van der Waals surface area contributed by atoms with Crippen LogP contribution < -0.4 is 5.32 Å². The molecule has 0 aliphatic heterocycles. The minimum absolute atomic E-state index is 0.815. The van der Waals surface area contributed by atoms with Crippen LogP contribution in [0.1, 0.15) is 27.5 Å². The summed E-state index contributed by atoms with van der Waals surface area (Å²) in [5, 5.41) is 4.82. The number of fused-ring (bicyclic) bond motifs is 1. The topological polar surface area (TPSA) is 50.7 Å². The maximum absolute atomic E-state index is 4.61. The van der Waals surface area contributed by atoms with E-state index in [2.05, 4.69) is 70.5 Å². The highest BCUT2D eigenvalue weighted by molar-refractivity contribution is 7.18. The Kier molecular flexibility index (Phi) is 4.97. The molecule has 0 saturated heterocycles. The lowest BCUT2D eigenvalue weighted by Gasteiger charge is -2.10. The standard InChI is InChI=1S/C22H22N4S/c1-14-20(27-22-21(14)15(2)25-16(3)26-22)13-24-12-18-6-4-5-7-19(18)17-8-10-23-11-9-17/h4-11,24H,12-13H2,1-3H3. The molecule has 5 heteroatoms. The van der Waals surface area contributed by atoms with Crippen LogP contribution >= 0.6 is 11.3 Å². The molecule has 3 aromatic heterocycles. The molecule has 1 N–H and O–H groups in total. The second-order valence-corrected chi connectivity index (χ2v) is 7.77. The third-order valence-electron chi connectivity index (χ3n) is 4.79. The number of hydrogen-bond donors (Lipinski definition) is 1. The van der Waals surface area contributed by atoms with Crippen molar-refractivity contribution in [2.45, 2.75) is 33.9 Å². The zero-order valence-electron chi connectivity index (χ0n) is 15.8. The van der Waals surface area contributed by atoms with Crippen LogP contribution in [0, 0.1) is 20.8 Å². The summed E-state index contributed by atoms with van der Waals surface area (Å²) >= 11 is 1.77. The van der Waals surface area contributed by atoms with Gasteiger partial charge in [-0.1, -0.05) is 24.3 Å². The van der Waals surface area contributed by atoms with Crippen LogP contribution in [0.2, 0.25) is 0 Å². The summed E-state index contributed by atoms with van der Waals surface area (Å²) in [6, 6.07) is 12.6. The van der Waals surface area contributed by atoms with Gasteiger partial charge in [0.25, 0.3) is 0 Å². The number of nitrogens with zero attached hydrogens (tertiary/aromatic N) is 3. The van der Waals surface area contributed by atoms with Crippen molar-refractivity contribution in [2.24, 2.45) is 0 Å². The van der Waals surface area contributed by atoms with Crippen LogP contribution in [0.5, 0.6) is 0 Å². The number of aromatic nitrogens is 3. The summed E-state index contributed by atoms with van der Waals surface area (Å²) in [6.07, 6.45) is 3.68. The fourth-order valence-corrected chi connectivity index (χ4v) is 4.73. The largest absolute Gasteiger partial charge is 0.308 e. The molecular weight excluding hydrogens is 352 g/mol. The van der Waals surface area contributed by atoms with Crippen molar-refractivity contribution in [1.29, 1.82) is 0 Å². The Balaban J connectivity index is 1.54. The smallest absolute Gasteiger partial charge is 0.127 e. The maximum atomic E-state index is 4.61. The number of thiophene rings is 1. The number of hydrogen-bond acceptors (Lipinski definition) is 5. The van der Waals surface area contributed by atoms with Crippen molar-refractivity contribution >= 4 is 21.6 Å². The van der Waals surface area contributed by atoms with Gasteiger partial charge in [0, 0.05) is 41.4 Å². The average Bonchev–Trinajstić information content (AvgIpc) is 2.98. The SMILES string of the molecule is Cc1nc(C)c2c(C)c(CNCc3ccccc3-c3ccncc3)sc2n1. The van der Waals surface area contributed by atoms with Crippen molar-refractivity contribution in [3.05, 3.63) is 76.3 Å². The van der Waals surface area contributed by atoms with E-state index in [1.165, 1.54) is 32.5 Å². The fraction of sp³-hybridized carbons (Fsp3) is 0.227. The quantitative estimate of drug-likeness (QED) is 0.536. The first-order valence-corrected chi connectivity index (χ1v) is 9.87. The first kappa shape index (κ1) is 17.8. The van der Waals surface area contributed by atoms with Crippen LogP contribution in [0.25, 0.3) is 21.3 Å². The molecular formula is C22H22N4S. The van der Waals surface area contributed by atoms with E-state index in [1.807, 2.05) is 19.3 Å². The Morgan fingerprint density at radius 1 is 0.926 bits per heavy atom. The molecule has 0 radical (unpaired) electrons. The summed E-state index contributed by atoms with van der Waals surface area (Å²) in [6.45, 7) is 7.84. The number of pyridine rings is 1. The van der Waals surface area contributed by atoms with Gasteiger partial charge in [-0.15, -0.1) is 11.3 Å². The van der Waals surface area contributed by atoms with Crippen molar-refractivity contribution in [2.75, 3.05) is 0 Å². The van der Waals surface area contributed by atoms with E-state index < -0.39 is 0 Å². The third kappa shape index (κ3) is 3.61. The molecule has 0 fully saturated rings. The Morgan fingerprint density at radius 2 is 1.70 bits per heavy atom. The molecule has 27 heavy (non-hydrogen) atoms. The minimum atomic E-state index is 0.815. The summed E-state index contributed by atoms with van der Waals surface area (Å²) in [5.74, 6) is 0.840. The maximum Gasteiger partial charge on any atom is 0.127 e. The predicted molar refractivity (Wildman–Crippen MR) is 112 cm³/mol. The fourth-order valence-electron chi connectivity index (χ4n) is 3.49. The molecule has 0 saturated carbocycles. The van der Waals surface area contributed by atoms with Gasteiger partial charge in [0.15, 0.2) is 0 Å². The molecule has 0 amide bonds. The second kappa shape index (κ2) is 7.55. The minimum Gasteiger partial charge on any atom is -0.308 e. The van der Waals surface area contributed by atoms with Gasteiger partial charge in [0.2, 0.25) is 0 Å².